The Bertz CT molecular complexity index is 407. The molecule has 0 atom stereocenters. The van der Waals surface area contributed by atoms with Gasteiger partial charge in [-0.1, -0.05) is 6.07 Å². The highest BCUT2D eigenvalue weighted by Crippen LogP contribution is 2.10. The second kappa shape index (κ2) is 2.97. The maximum Gasteiger partial charge on any atom is 0.199 e. The van der Waals surface area contributed by atoms with Crippen LogP contribution in [0.3, 0.4) is 0 Å². The maximum absolute atomic E-state index is 4.22. The molecule has 68 valence electrons. The summed E-state index contributed by atoms with van der Waals surface area (Å²) in [5.74, 6) is 1.45. The van der Waals surface area contributed by atoms with E-state index in [1.807, 2.05) is 26.0 Å². The third kappa shape index (κ3) is 1.56. The van der Waals surface area contributed by atoms with Crippen LogP contribution in [-0.2, 0) is 0 Å². The van der Waals surface area contributed by atoms with Gasteiger partial charge in [0.05, 0.1) is 0 Å². The van der Waals surface area contributed by atoms with Crippen molar-refractivity contribution in [3.8, 4) is 11.5 Å². The minimum absolute atomic E-state index is 0. The Balaban J connectivity index is 0.000000980. The molecule has 0 aliphatic carbocycles. The Morgan fingerprint density at radius 2 is 2.15 bits per heavy atom. The topological polar surface area (TPSA) is 54.5 Å². The van der Waals surface area contributed by atoms with Crippen molar-refractivity contribution in [2.45, 2.75) is 13.8 Å². The molecule has 4 heteroatoms. The highest BCUT2D eigenvalue weighted by Gasteiger charge is 2.03. The van der Waals surface area contributed by atoms with Gasteiger partial charge in [0.25, 0.3) is 0 Å². The highest BCUT2D eigenvalue weighted by atomic mass is 15.2. The van der Waals surface area contributed by atoms with E-state index in [-0.39, 0.29) is 1.43 Å². The second-order valence-electron chi connectivity index (χ2n) is 2.97. The smallest absolute Gasteiger partial charge is 0.199 e. The second-order valence-corrected chi connectivity index (χ2v) is 2.97. The summed E-state index contributed by atoms with van der Waals surface area (Å²) in [5.41, 5.74) is 1.94. The third-order valence-corrected chi connectivity index (χ3v) is 1.74. The molecule has 0 aliphatic heterocycles. The van der Waals surface area contributed by atoms with Gasteiger partial charge in [-0.3, -0.25) is 10.1 Å². The average Bonchev–Trinajstić information content (AvgIpc) is 2.53. The van der Waals surface area contributed by atoms with Gasteiger partial charge in [0, 0.05) is 7.62 Å². The zero-order valence-corrected chi connectivity index (χ0v) is 7.57. The largest absolute Gasteiger partial charge is 0.263 e. The van der Waals surface area contributed by atoms with E-state index in [9.17, 15) is 0 Å². The number of aryl methyl sites for hydroxylation is 2. The molecule has 1 N–H and O–H groups in total. The lowest BCUT2D eigenvalue weighted by molar-refractivity contribution is 1.04. The Morgan fingerprint density at radius 3 is 2.69 bits per heavy atom. The van der Waals surface area contributed by atoms with Crippen LogP contribution in [0.2, 0.25) is 0 Å². The molecule has 0 unspecified atom stereocenters. The van der Waals surface area contributed by atoms with Crippen molar-refractivity contribution in [3.05, 3.63) is 29.7 Å². The lowest BCUT2D eigenvalue weighted by Gasteiger charge is -1.93. The summed E-state index contributed by atoms with van der Waals surface area (Å²) in [4.78, 5) is 8.40. The van der Waals surface area contributed by atoms with Crippen LogP contribution in [-0.4, -0.2) is 20.2 Å². The van der Waals surface area contributed by atoms with Crippen molar-refractivity contribution in [2.24, 2.45) is 0 Å². The van der Waals surface area contributed by atoms with Crippen LogP contribution in [0.5, 0.6) is 0 Å². The molecule has 0 saturated heterocycles. The quantitative estimate of drug-likeness (QED) is 0.719. The van der Waals surface area contributed by atoms with Crippen LogP contribution in [0.15, 0.2) is 18.3 Å². The fourth-order valence-electron chi connectivity index (χ4n) is 1.06. The number of aromatic nitrogens is 4. The molecule has 13 heavy (non-hydrogen) atoms. The minimum atomic E-state index is 0. The third-order valence-electron chi connectivity index (χ3n) is 1.74. The molecular formula is C9H12N4. The zero-order chi connectivity index (χ0) is 9.26. The monoisotopic (exact) mass is 176 g/mol. The summed E-state index contributed by atoms with van der Waals surface area (Å²) >= 11 is 0. The predicted molar refractivity (Wildman–Crippen MR) is 51.2 cm³/mol. The van der Waals surface area contributed by atoms with Gasteiger partial charge in [0.15, 0.2) is 5.82 Å². The molecular weight excluding hydrogens is 164 g/mol. The first-order valence-electron chi connectivity index (χ1n) is 4.08. The standard InChI is InChI=1S/C9H10N4.H2/c1-6-3-4-8(10-5-6)9-11-7(2)12-13-9;/h3-5H,1-2H3,(H,11,12,13);1H. The van der Waals surface area contributed by atoms with Crippen molar-refractivity contribution < 1.29 is 1.43 Å². The van der Waals surface area contributed by atoms with Gasteiger partial charge in [-0.05, 0) is 25.5 Å². The van der Waals surface area contributed by atoms with Crippen LogP contribution in [0, 0.1) is 13.8 Å². The summed E-state index contributed by atoms with van der Waals surface area (Å²) in [6.07, 6.45) is 1.81. The van der Waals surface area contributed by atoms with Gasteiger partial charge in [-0.25, -0.2) is 4.98 Å². The summed E-state index contributed by atoms with van der Waals surface area (Å²) in [6.45, 7) is 3.87. The molecule has 0 amide bonds. The SMILES string of the molecule is Cc1ccc(-c2n[nH]c(C)n2)nc1.[HH]. The van der Waals surface area contributed by atoms with Crippen LogP contribution in [0.1, 0.15) is 12.8 Å². The van der Waals surface area contributed by atoms with Crippen molar-refractivity contribution in [3.63, 3.8) is 0 Å². The van der Waals surface area contributed by atoms with Crippen molar-refractivity contribution in [1.29, 1.82) is 0 Å². The first-order chi connectivity index (χ1) is 6.25. The zero-order valence-electron chi connectivity index (χ0n) is 7.57. The number of hydrogen-bond donors (Lipinski definition) is 1. The predicted octanol–water partition coefficient (Wildman–Crippen LogP) is 1.73. The molecule has 2 rings (SSSR count). The molecule has 0 aliphatic rings. The highest BCUT2D eigenvalue weighted by molar-refractivity contribution is 5.48. The van der Waals surface area contributed by atoms with Crippen molar-refractivity contribution in [1.82, 2.24) is 20.2 Å². The first kappa shape index (κ1) is 7.91. The van der Waals surface area contributed by atoms with Crippen molar-refractivity contribution >= 4 is 0 Å². The lowest BCUT2D eigenvalue weighted by Crippen LogP contribution is -1.85. The Kier molecular flexibility index (Phi) is 1.81. The number of pyridine rings is 1. The molecule has 0 bridgehead atoms. The molecule has 4 nitrogen and oxygen atoms in total. The normalized spacial score (nSPS) is 10.3. The number of nitrogens with one attached hydrogen (secondary N) is 1. The van der Waals surface area contributed by atoms with Gasteiger partial charge < -0.3 is 0 Å². The fourth-order valence-corrected chi connectivity index (χ4v) is 1.06. The fraction of sp³-hybridized carbons (Fsp3) is 0.222. The van der Waals surface area contributed by atoms with E-state index in [4.69, 9.17) is 0 Å². The van der Waals surface area contributed by atoms with Crippen LogP contribution >= 0.6 is 0 Å². The molecule has 0 aromatic carbocycles. The molecule has 2 aromatic rings. The molecule has 2 heterocycles. The number of hydrogen-bond acceptors (Lipinski definition) is 3. The molecule has 0 spiro atoms. The Hall–Kier alpha value is -1.71. The summed E-state index contributed by atoms with van der Waals surface area (Å²) in [5, 5.41) is 6.80. The molecule has 2 aromatic heterocycles. The maximum atomic E-state index is 4.22. The summed E-state index contributed by atoms with van der Waals surface area (Å²) in [6, 6.07) is 3.91. The van der Waals surface area contributed by atoms with E-state index in [1.54, 1.807) is 6.20 Å². The van der Waals surface area contributed by atoms with Gasteiger partial charge in [-0.2, -0.15) is 5.10 Å². The minimum Gasteiger partial charge on any atom is -0.263 e. The lowest BCUT2D eigenvalue weighted by atomic mass is 10.3. The van der Waals surface area contributed by atoms with E-state index in [1.165, 1.54) is 0 Å². The van der Waals surface area contributed by atoms with Gasteiger partial charge in [-0.15, -0.1) is 0 Å². The van der Waals surface area contributed by atoms with Crippen LogP contribution in [0.25, 0.3) is 11.5 Å². The number of nitrogens with zero attached hydrogens (tertiary/aromatic N) is 3. The van der Waals surface area contributed by atoms with Gasteiger partial charge in [0.2, 0.25) is 0 Å². The summed E-state index contributed by atoms with van der Waals surface area (Å²) < 4.78 is 0. The number of rotatable bonds is 1. The molecule has 0 saturated carbocycles. The van der Waals surface area contributed by atoms with Crippen molar-refractivity contribution in [2.75, 3.05) is 0 Å². The van der Waals surface area contributed by atoms with Gasteiger partial charge >= 0.3 is 0 Å². The summed E-state index contributed by atoms with van der Waals surface area (Å²) in [7, 11) is 0. The number of H-pyrrole nitrogens is 1. The van der Waals surface area contributed by atoms with E-state index in [0.717, 1.165) is 17.1 Å². The van der Waals surface area contributed by atoms with E-state index in [0.29, 0.717) is 5.82 Å². The van der Waals surface area contributed by atoms with Crippen LogP contribution in [0.4, 0.5) is 0 Å². The average molecular weight is 176 g/mol. The van der Waals surface area contributed by atoms with E-state index < -0.39 is 0 Å². The number of aromatic amines is 1. The van der Waals surface area contributed by atoms with E-state index in [2.05, 4.69) is 20.2 Å². The first-order valence-corrected chi connectivity index (χ1v) is 4.08. The molecule has 0 radical (unpaired) electrons. The Morgan fingerprint density at radius 1 is 1.31 bits per heavy atom. The van der Waals surface area contributed by atoms with Gasteiger partial charge in [0.1, 0.15) is 11.5 Å². The molecule has 0 fully saturated rings. The van der Waals surface area contributed by atoms with E-state index >= 15 is 0 Å². The van der Waals surface area contributed by atoms with Crippen LogP contribution < -0.4 is 0 Å². The Labute approximate surface area is 77.5 Å².